The van der Waals surface area contributed by atoms with Gasteiger partial charge in [-0.15, -0.1) is 0 Å². The molecule has 2 atom stereocenters. The Balaban J connectivity index is 2.11. The Morgan fingerprint density at radius 1 is 1.24 bits per heavy atom. The van der Waals surface area contributed by atoms with Gasteiger partial charge in [0.05, 0.1) is 0 Å². The molecule has 0 aromatic heterocycles. The van der Waals surface area contributed by atoms with Crippen molar-refractivity contribution in [1.29, 1.82) is 0 Å². The molecule has 0 bridgehead atoms. The van der Waals surface area contributed by atoms with Crippen LogP contribution < -0.4 is 5.30 Å². The molecular weight excluding hydrogens is 234 g/mol. The van der Waals surface area contributed by atoms with Crippen LogP contribution in [0.2, 0.25) is 0 Å². The quantitative estimate of drug-likeness (QED) is 0.736. The summed E-state index contributed by atoms with van der Waals surface area (Å²) in [5.41, 5.74) is 0.0993. The zero-order valence-corrected chi connectivity index (χ0v) is 11.1. The molecule has 0 amide bonds. The molecule has 2 rings (SSSR count). The third-order valence-electron chi connectivity index (χ3n) is 3.79. The van der Waals surface area contributed by atoms with Crippen molar-refractivity contribution < 1.29 is 8.96 Å². The first-order valence-electron chi connectivity index (χ1n) is 6.41. The SMILES string of the molecule is CC(C1CCCCC1)[P+](=O)c1ccccc1F. The van der Waals surface area contributed by atoms with Gasteiger partial charge < -0.3 is 0 Å². The van der Waals surface area contributed by atoms with Gasteiger partial charge in [-0.1, -0.05) is 36.0 Å². The number of halogens is 1. The van der Waals surface area contributed by atoms with Gasteiger partial charge >= 0.3 is 7.80 Å². The summed E-state index contributed by atoms with van der Waals surface area (Å²) in [6, 6.07) is 6.47. The molecule has 0 spiro atoms. The molecule has 0 saturated heterocycles. The van der Waals surface area contributed by atoms with Crippen molar-refractivity contribution in [3.05, 3.63) is 30.1 Å². The summed E-state index contributed by atoms with van der Waals surface area (Å²) in [5.74, 6) is 0.184. The van der Waals surface area contributed by atoms with E-state index in [1.165, 1.54) is 25.3 Å². The molecule has 1 saturated carbocycles. The minimum absolute atomic E-state index is 0.0993. The van der Waals surface area contributed by atoms with Gasteiger partial charge in [-0.3, -0.25) is 0 Å². The summed E-state index contributed by atoms with van der Waals surface area (Å²) < 4.78 is 26.0. The molecule has 3 heteroatoms. The molecule has 2 unspecified atom stereocenters. The van der Waals surface area contributed by atoms with E-state index in [0.717, 1.165) is 12.8 Å². The Morgan fingerprint density at radius 3 is 2.53 bits per heavy atom. The van der Waals surface area contributed by atoms with E-state index in [1.54, 1.807) is 18.2 Å². The summed E-state index contributed by atoms with van der Waals surface area (Å²) in [6.07, 6.45) is 6.05. The fraction of sp³-hybridized carbons (Fsp3) is 0.571. The highest BCUT2D eigenvalue weighted by molar-refractivity contribution is 7.54. The largest absolute Gasteiger partial charge is 0.383 e. The molecule has 0 radical (unpaired) electrons. The maximum absolute atomic E-state index is 13.6. The second kappa shape index (κ2) is 5.73. The van der Waals surface area contributed by atoms with Crippen LogP contribution in [0.15, 0.2) is 24.3 Å². The molecule has 1 aromatic rings. The van der Waals surface area contributed by atoms with E-state index in [1.807, 2.05) is 6.92 Å². The van der Waals surface area contributed by atoms with E-state index >= 15 is 0 Å². The average Bonchev–Trinajstić information content (AvgIpc) is 2.39. The predicted octanol–water partition coefficient (Wildman–Crippen LogP) is 4.25. The molecule has 0 heterocycles. The highest BCUT2D eigenvalue weighted by Gasteiger charge is 2.37. The van der Waals surface area contributed by atoms with Gasteiger partial charge in [0.2, 0.25) is 5.30 Å². The van der Waals surface area contributed by atoms with Crippen molar-refractivity contribution in [2.45, 2.75) is 44.7 Å². The molecule has 1 nitrogen and oxygen atoms in total. The zero-order chi connectivity index (χ0) is 12.3. The highest BCUT2D eigenvalue weighted by Crippen LogP contribution is 2.39. The summed E-state index contributed by atoms with van der Waals surface area (Å²) in [7, 11) is -1.61. The first-order valence-corrected chi connectivity index (χ1v) is 7.74. The zero-order valence-electron chi connectivity index (χ0n) is 10.2. The number of hydrogen-bond acceptors (Lipinski definition) is 1. The maximum Gasteiger partial charge on any atom is 0.383 e. The third-order valence-corrected chi connectivity index (χ3v) is 5.79. The molecule has 92 valence electrons. The van der Waals surface area contributed by atoms with Gasteiger partial charge in [-0.2, -0.15) is 0 Å². The van der Waals surface area contributed by atoms with Crippen LogP contribution in [-0.2, 0) is 4.57 Å². The number of rotatable bonds is 3. The van der Waals surface area contributed by atoms with E-state index in [0.29, 0.717) is 11.2 Å². The van der Waals surface area contributed by atoms with Gasteiger partial charge in [-0.25, -0.2) is 4.39 Å². The van der Waals surface area contributed by atoms with Gasteiger partial charge in [0, 0.05) is 5.92 Å². The van der Waals surface area contributed by atoms with Gasteiger partial charge in [-0.05, 0) is 31.9 Å². The van der Waals surface area contributed by atoms with E-state index in [9.17, 15) is 8.96 Å². The van der Waals surface area contributed by atoms with E-state index < -0.39 is 7.80 Å². The summed E-state index contributed by atoms with van der Waals surface area (Å²) >= 11 is 0. The predicted molar refractivity (Wildman–Crippen MR) is 69.7 cm³/mol. The minimum Gasteiger partial charge on any atom is -0.202 e. The lowest BCUT2D eigenvalue weighted by molar-refractivity contribution is 0.351. The fourth-order valence-corrected chi connectivity index (χ4v) is 4.30. The minimum atomic E-state index is -1.61. The maximum atomic E-state index is 13.6. The Hall–Kier alpha value is -0.750. The van der Waals surface area contributed by atoms with Crippen molar-refractivity contribution in [2.24, 2.45) is 5.92 Å². The van der Waals surface area contributed by atoms with E-state index in [-0.39, 0.29) is 11.5 Å². The summed E-state index contributed by atoms with van der Waals surface area (Å²) in [5, 5.41) is 0.403. The van der Waals surface area contributed by atoms with E-state index in [2.05, 4.69) is 0 Å². The van der Waals surface area contributed by atoms with Crippen LogP contribution in [0.25, 0.3) is 0 Å². The van der Waals surface area contributed by atoms with Crippen LogP contribution in [0.1, 0.15) is 39.0 Å². The lowest BCUT2D eigenvalue weighted by Crippen LogP contribution is -2.21. The number of hydrogen-bond donors (Lipinski definition) is 0. The summed E-state index contributed by atoms with van der Waals surface area (Å²) in [6.45, 7) is 2.02. The van der Waals surface area contributed by atoms with Crippen molar-refractivity contribution in [3.63, 3.8) is 0 Å². The lowest BCUT2D eigenvalue weighted by atomic mass is 9.87. The van der Waals surface area contributed by atoms with Crippen LogP contribution >= 0.6 is 7.80 Å². The highest BCUT2D eigenvalue weighted by atomic mass is 31.1. The average molecular weight is 253 g/mol. The molecular formula is C14H19FOP+. The first kappa shape index (κ1) is 12.7. The Bertz CT molecular complexity index is 399. The van der Waals surface area contributed by atoms with Crippen LogP contribution in [0.4, 0.5) is 4.39 Å². The Morgan fingerprint density at radius 2 is 1.88 bits per heavy atom. The fourth-order valence-electron chi connectivity index (χ4n) is 2.66. The molecule has 0 aliphatic heterocycles. The van der Waals surface area contributed by atoms with Gasteiger partial charge in [0.25, 0.3) is 0 Å². The smallest absolute Gasteiger partial charge is 0.202 e. The number of benzene rings is 1. The second-order valence-corrected chi connectivity index (χ2v) is 6.86. The van der Waals surface area contributed by atoms with Crippen LogP contribution in [0.5, 0.6) is 0 Å². The van der Waals surface area contributed by atoms with Gasteiger partial charge in [0.15, 0.2) is 11.5 Å². The molecule has 1 aliphatic rings. The van der Waals surface area contributed by atoms with E-state index in [4.69, 9.17) is 0 Å². The molecule has 0 N–H and O–H groups in total. The molecule has 1 aliphatic carbocycles. The third kappa shape index (κ3) is 2.93. The van der Waals surface area contributed by atoms with Gasteiger partial charge in [0.1, 0.15) is 0 Å². The van der Waals surface area contributed by atoms with Crippen LogP contribution in [0.3, 0.4) is 0 Å². The summed E-state index contributed by atoms with van der Waals surface area (Å²) in [4.78, 5) is 0. The monoisotopic (exact) mass is 253 g/mol. The Kier molecular flexibility index (Phi) is 4.28. The van der Waals surface area contributed by atoms with Crippen molar-refractivity contribution in [3.8, 4) is 0 Å². The second-order valence-electron chi connectivity index (χ2n) is 4.92. The van der Waals surface area contributed by atoms with Crippen LogP contribution in [0, 0.1) is 11.7 Å². The standard InChI is InChI=1S/C14H19FOP/c1-11(12-7-3-2-4-8-12)17(16)14-10-6-5-9-13(14)15/h5-6,9-12H,2-4,7-8H2,1H3/q+1. The van der Waals surface area contributed by atoms with Crippen molar-refractivity contribution in [2.75, 3.05) is 0 Å². The van der Waals surface area contributed by atoms with Crippen molar-refractivity contribution >= 4 is 13.1 Å². The first-order chi connectivity index (χ1) is 8.20. The Labute approximate surface area is 103 Å². The normalized spacial score (nSPS) is 20.0. The topological polar surface area (TPSA) is 17.1 Å². The lowest BCUT2D eigenvalue weighted by Gasteiger charge is -2.21. The molecule has 17 heavy (non-hydrogen) atoms. The molecule has 1 fully saturated rings. The van der Waals surface area contributed by atoms with Crippen molar-refractivity contribution in [1.82, 2.24) is 0 Å². The van der Waals surface area contributed by atoms with Crippen LogP contribution in [-0.4, -0.2) is 5.66 Å². The molecule has 1 aromatic carbocycles.